The molecular formula is C21H15F3N4O2. The first kappa shape index (κ1) is 18.4. The SMILES string of the molecule is O=c1c2c(ncn2Cc2ccc(F)cc2F)n(-c2ccc(F)cc2)c(=O)n1C1CC1. The van der Waals surface area contributed by atoms with Crippen LogP contribution >= 0.6 is 0 Å². The van der Waals surface area contributed by atoms with Gasteiger partial charge in [-0.3, -0.25) is 9.36 Å². The second kappa shape index (κ2) is 6.72. The molecular weight excluding hydrogens is 397 g/mol. The highest BCUT2D eigenvalue weighted by molar-refractivity contribution is 5.72. The highest BCUT2D eigenvalue weighted by Gasteiger charge is 2.30. The fraction of sp³-hybridized carbons (Fsp3) is 0.190. The average Bonchev–Trinajstić information content (AvgIpc) is 3.45. The lowest BCUT2D eigenvalue weighted by molar-refractivity contribution is 0.567. The monoisotopic (exact) mass is 412 g/mol. The van der Waals surface area contributed by atoms with Gasteiger partial charge in [0.15, 0.2) is 11.2 Å². The third kappa shape index (κ3) is 2.94. The van der Waals surface area contributed by atoms with E-state index in [0.717, 1.165) is 12.1 Å². The highest BCUT2D eigenvalue weighted by atomic mass is 19.1. The number of benzene rings is 2. The van der Waals surface area contributed by atoms with E-state index in [4.69, 9.17) is 0 Å². The van der Waals surface area contributed by atoms with Crippen molar-refractivity contribution >= 4 is 11.2 Å². The van der Waals surface area contributed by atoms with E-state index in [1.165, 1.54) is 50.4 Å². The Morgan fingerprint density at radius 1 is 0.967 bits per heavy atom. The maximum absolute atomic E-state index is 14.2. The van der Waals surface area contributed by atoms with Crippen LogP contribution in [0, 0.1) is 17.5 Å². The summed E-state index contributed by atoms with van der Waals surface area (Å²) < 4.78 is 44.6. The number of fused-ring (bicyclic) bond motifs is 1. The summed E-state index contributed by atoms with van der Waals surface area (Å²) in [5.41, 5.74) is -0.326. The summed E-state index contributed by atoms with van der Waals surface area (Å²) in [6.45, 7) is -0.0653. The first-order valence-electron chi connectivity index (χ1n) is 9.36. The van der Waals surface area contributed by atoms with Gasteiger partial charge in [0.05, 0.1) is 18.6 Å². The third-order valence-corrected chi connectivity index (χ3v) is 5.20. The molecule has 0 radical (unpaired) electrons. The lowest BCUT2D eigenvalue weighted by Crippen LogP contribution is -2.39. The van der Waals surface area contributed by atoms with E-state index in [0.29, 0.717) is 18.5 Å². The van der Waals surface area contributed by atoms with E-state index >= 15 is 0 Å². The third-order valence-electron chi connectivity index (χ3n) is 5.20. The molecule has 0 spiro atoms. The van der Waals surface area contributed by atoms with Crippen molar-refractivity contribution in [2.75, 3.05) is 0 Å². The first-order valence-corrected chi connectivity index (χ1v) is 9.36. The van der Waals surface area contributed by atoms with Crippen molar-refractivity contribution in [1.29, 1.82) is 0 Å². The minimum atomic E-state index is -0.744. The van der Waals surface area contributed by atoms with E-state index in [9.17, 15) is 22.8 Å². The van der Waals surface area contributed by atoms with Gasteiger partial charge in [0.1, 0.15) is 17.5 Å². The number of rotatable bonds is 4. The molecule has 9 heteroatoms. The van der Waals surface area contributed by atoms with Crippen LogP contribution in [0.4, 0.5) is 13.2 Å². The summed E-state index contributed by atoms with van der Waals surface area (Å²) in [5.74, 6) is -1.91. The molecule has 0 bridgehead atoms. The van der Waals surface area contributed by atoms with E-state index in [1.807, 2.05) is 0 Å². The lowest BCUT2D eigenvalue weighted by atomic mass is 10.2. The minimum absolute atomic E-state index is 0.0653. The van der Waals surface area contributed by atoms with Gasteiger partial charge in [0.2, 0.25) is 0 Å². The van der Waals surface area contributed by atoms with Gasteiger partial charge in [-0.1, -0.05) is 6.07 Å². The molecule has 2 aromatic heterocycles. The molecule has 4 aromatic rings. The van der Waals surface area contributed by atoms with Crippen LogP contribution in [0.2, 0.25) is 0 Å². The number of hydrogen-bond acceptors (Lipinski definition) is 3. The molecule has 0 unspecified atom stereocenters. The zero-order valence-electron chi connectivity index (χ0n) is 15.6. The van der Waals surface area contributed by atoms with Gasteiger partial charge in [-0.2, -0.15) is 0 Å². The summed E-state index contributed by atoms with van der Waals surface area (Å²) in [5, 5.41) is 0. The van der Waals surface area contributed by atoms with Crippen LogP contribution in [0.15, 0.2) is 58.4 Å². The number of hydrogen-bond donors (Lipinski definition) is 0. The molecule has 0 amide bonds. The Kier molecular flexibility index (Phi) is 4.12. The van der Waals surface area contributed by atoms with Crippen LogP contribution in [-0.2, 0) is 6.54 Å². The van der Waals surface area contributed by atoms with Crippen molar-refractivity contribution in [1.82, 2.24) is 18.7 Å². The summed E-state index contributed by atoms with van der Waals surface area (Å²) in [4.78, 5) is 30.5. The smallest absolute Gasteiger partial charge is 0.320 e. The fourth-order valence-electron chi connectivity index (χ4n) is 3.58. The summed E-state index contributed by atoms with van der Waals surface area (Å²) >= 11 is 0. The predicted molar refractivity (Wildman–Crippen MR) is 103 cm³/mol. The predicted octanol–water partition coefficient (Wildman–Crippen LogP) is 3.15. The Morgan fingerprint density at radius 3 is 2.33 bits per heavy atom. The molecule has 5 rings (SSSR count). The molecule has 0 atom stereocenters. The largest absolute Gasteiger partial charge is 0.337 e. The van der Waals surface area contributed by atoms with Crippen molar-refractivity contribution in [2.24, 2.45) is 0 Å². The number of nitrogens with zero attached hydrogens (tertiary/aromatic N) is 4. The number of aromatic nitrogens is 4. The van der Waals surface area contributed by atoms with Crippen molar-refractivity contribution in [3.8, 4) is 5.69 Å². The maximum atomic E-state index is 14.2. The molecule has 2 heterocycles. The van der Waals surface area contributed by atoms with E-state index in [1.54, 1.807) is 0 Å². The zero-order chi connectivity index (χ0) is 21.0. The molecule has 0 aliphatic heterocycles. The van der Waals surface area contributed by atoms with E-state index < -0.39 is 28.7 Å². The van der Waals surface area contributed by atoms with Gasteiger partial charge < -0.3 is 4.57 Å². The van der Waals surface area contributed by atoms with Crippen LogP contribution in [0.3, 0.4) is 0 Å². The Balaban J connectivity index is 1.76. The van der Waals surface area contributed by atoms with Crippen molar-refractivity contribution in [2.45, 2.75) is 25.4 Å². The highest BCUT2D eigenvalue weighted by Crippen LogP contribution is 2.32. The minimum Gasteiger partial charge on any atom is -0.320 e. The molecule has 1 aliphatic rings. The van der Waals surface area contributed by atoms with Crippen LogP contribution in [-0.4, -0.2) is 18.7 Å². The number of halogens is 3. The number of imidazole rings is 1. The maximum Gasteiger partial charge on any atom is 0.337 e. The molecule has 0 N–H and O–H groups in total. The molecule has 2 aromatic carbocycles. The Bertz CT molecular complexity index is 1400. The fourth-order valence-corrected chi connectivity index (χ4v) is 3.58. The van der Waals surface area contributed by atoms with Gasteiger partial charge >= 0.3 is 5.69 Å². The Hall–Kier alpha value is -3.62. The van der Waals surface area contributed by atoms with Crippen LogP contribution in [0.5, 0.6) is 0 Å². The van der Waals surface area contributed by atoms with Crippen molar-refractivity contribution < 1.29 is 13.2 Å². The van der Waals surface area contributed by atoms with Crippen LogP contribution in [0.1, 0.15) is 24.4 Å². The van der Waals surface area contributed by atoms with Gasteiger partial charge in [-0.15, -0.1) is 0 Å². The summed E-state index contributed by atoms with van der Waals surface area (Å²) in [6.07, 6.45) is 2.74. The summed E-state index contributed by atoms with van der Waals surface area (Å²) in [7, 11) is 0. The van der Waals surface area contributed by atoms with E-state index in [-0.39, 0.29) is 29.3 Å². The van der Waals surface area contributed by atoms with Gasteiger partial charge in [0.25, 0.3) is 5.56 Å². The second-order valence-electron chi connectivity index (χ2n) is 7.28. The molecule has 1 fully saturated rings. The second-order valence-corrected chi connectivity index (χ2v) is 7.28. The normalized spacial score (nSPS) is 13.8. The molecule has 0 saturated heterocycles. The van der Waals surface area contributed by atoms with Crippen LogP contribution < -0.4 is 11.2 Å². The van der Waals surface area contributed by atoms with E-state index in [2.05, 4.69) is 4.98 Å². The summed E-state index contributed by atoms with van der Waals surface area (Å²) in [6, 6.07) is 8.27. The first-order chi connectivity index (χ1) is 14.4. The Morgan fingerprint density at radius 2 is 1.67 bits per heavy atom. The molecule has 1 saturated carbocycles. The topological polar surface area (TPSA) is 61.8 Å². The zero-order valence-corrected chi connectivity index (χ0v) is 15.6. The molecule has 1 aliphatic carbocycles. The van der Waals surface area contributed by atoms with Crippen LogP contribution in [0.25, 0.3) is 16.9 Å². The van der Waals surface area contributed by atoms with Gasteiger partial charge in [0, 0.05) is 17.7 Å². The molecule has 30 heavy (non-hydrogen) atoms. The average molecular weight is 412 g/mol. The van der Waals surface area contributed by atoms with Crippen molar-refractivity contribution in [3.05, 3.63) is 92.6 Å². The lowest BCUT2D eigenvalue weighted by Gasteiger charge is -2.12. The molecule has 6 nitrogen and oxygen atoms in total. The Labute approximate surface area is 167 Å². The van der Waals surface area contributed by atoms with Crippen molar-refractivity contribution in [3.63, 3.8) is 0 Å². The van der Waals surface area contributed by atoms with Gasteiger partial charge in [-0.25, -0.2) is 27.5 Å². The molecule has 152 valence electrons. The standard InChI is InChI=1S/C21H15F3N4O2/c22-13-3-5-15(6-4-13)27-19-18(20(29)28(21(27)30)16-7-8-16)26(11-25-19)10-12-1-2-14(23)9-17(12)24/h1-6,9,11,16H,7-8,10H2. The quantitative estimate of drug-likeness (QED) is 0.517. The van der Waals surface area contributed by atoms with Gasteiger partial charge in [-0.05, 0) is 43.2 Å².